The molecule has 1 aliphatic carbocycles. The molecule has 2 N–H and O–H groups in total. The minimum atomic E-state index is -1.82. The highest BCUT2D eigenvalue weighted by atomic mass is 16.4. The van der Waals surface area contributed by atoms with E-state index < -0.39 is 11.9 Å². The van der Waals surface area contributed by atoms with Crippen molar-refractivity contribution in [1.29, 1.82) is 0 Å². The van der Waals surface area contributed by atoms with Crippen LogP contribution < -0.4 is 0 Å². The first kappa shape index (κ1) is 16.7. The molecule has 0 saturated carbocycles. The number of aliphatic carboxylic acids is 2. The number of piperazine rings is 1. The summed E-state index contributed by atoms with van der Waals surface area (Å²) in [5.74, 6) is -2.71. The first-order valence-corrected chi connectivity index (χ1v) is 7.01. The molecule has 0 amide bonds. The molecule has 0 radical (unpaired) electrons. The second-order valence-electron chi connectivity index (χ2n) is 5.36. The van der Waals surface area contributed by atoms with Crippen LogP contribution in [0.4, 0.5) is 0 Å². The predicted octanol–water partition coefficient (Wildman–Crippen LogP) is 0.746. The van der Waals surface area contributed by atoms with Crippen LogP contribution in [-0.2, 0) is 9.59 Å². The van der Waals surface area contributed by atoms with Crippen LogP contribution in [0.15, 0.2) is 12.2 Å². The summed E-state index contributed by atoms with van der Waals surface area (Å²) in [6.45, 7) is 6.39. The van der Waals surface area contributed by atoms with Gasteiger partial charge in [0.1, 0.15) is 0 Å². The Kier molecular flexibility index (Phi) is 7.25. The van der Waals surface area contributed by atoms with Gasteiger partial charge in [0, 0.05) is 32.7 Å². The maximum Gasteiger partial charge on any atom is 0.414 e. The van der Waals surface area contributed by atoms with E-state index in [1.54, 1.807) is 0 Å². The lowest BCUT2D eigenvalue weighted by molar-refractivity contribution is -0.159. The Morgan fingerprint density at radius 2 is 1.70 bits per heavy atom. The fourth-order valence-corrected chi connectivity index (χ4v) is 2.42. The Labute approximate surface area is 119 Å². The second kappa shape index (κ2) is 8.71. The standard InChI is InChI=1S/C12H22N2.C2H2O4/c1-13-7-9-14(10-8-13)11-12-5-3-2-4-6-12;3-1(4)2(5)6/h2-3,12H,4-11H2,1H3;(H,3,4)(H,5,6). The fraction of sp³-hybridized carbons (Fsp3) is 0.714. The number of likely N-dealkylation sites (N-methyl/N-ethyl adjacent to an activating group) is 1. The molecule has 114 valence electrons. The van der Waals surface area contributed by atoms with E-state index in [0.717, 1.165) is 5.92 Å². The van der Waals surface area contributed by atoms with Gasteiger partial charge in [-0.05, 0) is 32.2 Å². The van der Waals surface area contributed by atoms with E-state index in [9.17, 15) is 0 Å². The van der Waals surface area contributed by atoms with Crippen LogP contribution in [0.2, 0.25) is 0 Å². The van der Waals surface area contributed by atoms with Crippen molar-refractivity contribution in [2.75, 3.05) is 39.8 Å². The third-order valence-corrected chi connectivity index (χ3v) is 3.67. The monoisotopic (exact) mass is 284 g/mol. The van der Waals surface area contributed by atoms with Crippen LogP contribution in [0.25, 0.3) is 0 Å². The van der Waals surface area contributed by atoms with Gasteiger partial charge in [-0.1, -0.05) is 12.2 Å². The molecule has 1 heterocycles. The molecule has 20 heavy (non-hydrogen) atoms. The maximum absolute atomic E-state index is 9.10. The number of carbonyl (C=O) groups is 2. The molecule has 0 bridgehead atoms. The van der Waals surface area contributed by atoms with Crippen molar-refractivity contribution in [1.82, 2.24) is 9.80 Å². The molecule has 0 aromatic rings. The largest absolute Gasteiger partial charge is 0.473 e. The van der Waals surface area contributed by atoms with Crippen LogP contribution >= 0.6 is 0 Å². The van der Waals surface area contributed by atoms with Gasteiger partial charge in [0.15, 0.2) is 0 Å². The molecular formula is C14H24N2O4. The number of allylic oxidation sites excluding steroid dienone is 2. The topological polar surface area (TPSA) is 81.1 Å². The zero-order valence-electron chi connectivity index (χ0n) is 12.0. The lowest BCUT2D eigenvalue weighted by Gasteiger charge is -2.35. The molecule has 1 atom stereocenters. The average molecular weight is 284 g/mol. The van der Waals surface area contributed by atoms with Crippen LogP contribution in [0.5, 0.6) is 0 Å². The van der Waals surface area contributed by atoms with Crippen LogP contribution in [0, 0.1) is 5.92 Å². The maximum atomic E-state index is 9.10. The first-order chi connectivity index (χ1) is 9.49. The van der Waals surface area contributed by atoms with Crippen LogP contribution in [0.1, 0.15) is 19.3 Å². The Morgan fingerprint density at radius 1 is 1.10 bits per heavy atom. The lowest BCUT2D eigenvalue weighted by atomic mass is 9.94. The van der Waals surface area contributed by atoms with E-state index in [1.165, 1.54) is 52.0 Å². The zero-order valence-corrected chi connectivity index (χ0v) is 12.0. The number of hydrogen-bond donors (Lipinski definition) is 2. The lowest BCUT2D eigenvalue weighted by Crippen LogP contribution is -2.46. The number of carboxylic acids is 2. The van der Waals surface area contributed by atoms with Crippen molar-refractivity contribution in [2.45, 2.75) is 19.3 Å². The summed E-state index contributed by atoms with van der Waals surface area (Å²) in [5.41, 5.74) is 0. The quantitative estimate of drug-likeness (QED) is 0.575. The van der Waals surface area contributed by atoms with Crippen molar-refractivity contribution >= 4 is 11.9 Å². The molecule has 1 saturated heterocycles. The zero-order chi connectivity index (χ0) is 15.0. The molecule has 2 aliphatic rings. The van der Waals surface area contributed by atoms with Gasteiger partial charge in [-0.2, -0.15) is 0 Å². The third-order valence-electron chi connectivity index (χ3n) is 3.67. The van der Waals surface area contributed by atoms with Crippen molar-refractivity contribution in [3.8, 4) is 0 Å². The summed E-state index contributed by atoms with van der Waals surface area (Å²) in [7, 11) is 2.22. The van der Waals surface area contributed by atoms with Crippen LogP contribution in [0.3, 0.4) is 0 Å². The number of hydrogen-bond acceptors (Lipinski definition) is 4. The molecule has 0 spiro atoms. The van der Waals surface area contributed by atoms with Gasteiger partial charge in [-0.15, -0.1) is 0 Å². The highest BCUT2D eigenvalue weighted by molar-refractivity contribution is 6.27. The normalized spacial score (nSPS) is 23.8. The summed E-state index contributed by atoms with van der Waals surface area (Å²) in [4.78, 5) is 23.3. The third kappa shape index (κ3) is 6.68. The minimum absolute atomic E-state index is 0.934. The SMILES string of the molecule is CN1CCN(CC2CC=CCC2)CC1.O=C(O)C(=O)O. The van der Waals surface area contributed by atoms with Crippen molar-refractivity contribution in [3.05, 3.63) is 12.2 Å². The Morgan fingerprint density at radius 3 is 2.15 bits per heavy atom. The molecular weight excluding hydrogens is 260 g/mol. The van der Waals surface area contributed by atoms with E-state index in [0.29, 0.717) is 0 Å². The molecule has 6 nitrogen and oxygen atoms in total. The second-order valence-corrected chi connectivity index (χ2v) is 5.36. The van der Waals surface area contributed by atoms with E-state index in [2.05, 4.69) is 29.0 Å². The van der Waals surface area contributed by atoms with Gasteiger partial charge >= 0.3 is 11.9 Å². The van der Waals surface area contributed by atoms with Crippen molar-refractivity contribution in [2.24, 2.45) is 5.92 Å². The molecule has 2 rings (SSSR count). The number of nitrogens with zero attached hydrogens (tertiary/aromatic N) is 2. The van der Waals surface area contributed by atoms with E-state index >= 15 is 0 Å². The average Bonchev–Trinajstić information content (AvgIpc) is 2.43. The van der Waals surface area contributed by atoms with Crippen molar-refractivity contribution < 1.29 is 19.8 Å². The molecule has 6 heteroatoms. The smallest absolute Gasteiger partial charge is 0.414 e. The number of carboxylic acid groups (broad SMARTS) is 2. The first-order valence-electron chi connectivity index (χ1n) is 7.01. The van der Waals surface area contributed by atoms with E-state index in [4.69, 9.17) is 19.8 Å². The van der Waals surface area contributed by atoms with E-state index in [1.807, 2.05) is 0 Å². The van der Waals surface area contributed by atoms with Gasteiger partial charge in [0.25, 0.3) is 0 Å². The summed E-state index contributed by atoms with van der Waals surface area (Å²) >= 11 is 0. The van der Waals surface area contributed by atoms with E-state index in [-0.39, 0.29) is 0 Å². The van der Waals surface area contributed by atoms with Gasteiger partial charge in [0.05, 0.1) is 0 Å². The Bertz CT molecular complexity index is 337. The highest BCUT2D eigenvalue weighted by Crippen LogP contribution is 2.19. The Balaban J connectivity index is 0.000000286. The molecule has 0 aromatic carbocycles. The summed E-state index contributed by atoms with van der Waals surface area (Å²) in [6.07, 6.45) is 8.72. The van der Waals surface area contributed by atoms with Gasteiger partial charge < -0.3 is 20.0 Å². The van der Waals surface area contributed by atoms with Crippen molar-refractivity contribution in [3.63, 3.8) is 0 Å². The van der Waals surface area contributed by atoms with Gasteiger partial charge in [0.2, 0.25) is 0 Å². The minimum Gasteiger partial charge on any atom is -0.473 e. The summed E-state index contributed by atoms with van der Waals surface area (Å²) < 4.78 is 0. The predicted molar refractivity (Wildman–Crippen MR) is 75.7 cm³/mol. The Hall–Kier alpha value is -1.40. The van der Waals surface area contributed by atoms with Gasteiger partial charge in [-0.25, -0.2) is 9.59 Å². The molecule has 0 aromatic heterocycles. The van der Waals surface area contributed by atoms with Gasteiger partial charge in [-0.3, -0.25) is 0 Å². The number of rotatable bonds is 2. The molecule has 1 fully saturated rings. The summed E-state index contributed by atoms with van der Waals surface area (Å²) in [6, 6.07) is 0. The summed E-state index contributed by atoms with van der Waals surface area (Å²) in [5, 5.41) is 14.8. The molecule has 1 aliphatic heterocycles. The fourth-order valence-electron chi connectivity index (χ4n) is 2.42. The van der Waals surface area contributed by atoms with Crippen LogP contribution in [-0.4, -0.2) is 71.7 Å². The molecule has 1 unspecified atom stereocenters. The highest BCUT2D eigenvalue weighted by Gasteiger charge is 2.18.